The molecule has 0 spiro atoms. The van der Waals surface area contributed by atoms with E-state index in [0.717, 1.165) is 16.5 Å². The van der Waals surface area contributed by atoms with Gasteiger partial charge in [-0.2, -0.15) is 0 Å². The summed E-state index contributed by atoms with van der Waals surface area (Å²) in [5.41, 5.74) is 3.79. The summed E-state index contributed by atoms with van der Waals surface area (Å²) in [6.45, 7) is 0. The third kappa shape index (κ3) is 3.47. The zero-order valence-electron chi connectivity index (χ0n) is 9.29. The monoisotopic (exact) mass is 364 g/mol. The molecule has 18 heavy (non-hydrogen) atoms. The van der Waals surface area contributed by atoms with Gasteiger partial charge in [0.1, 0.15) is 0 Å². The van der Waals surface area contributed by atoms with E-state index in [-0.39, 0.29) is 6.04 Å². The fourth-order valence-corrected chi connectivity index (χ4v) is 3.81. The fourth-order valence-electron chi connectivity index (χ4n) is 1.71. The van der Waals surface area contributed by atoms with Crippen LogP contribution in [0, 0.1) is 0 Å². The highest BCUT2D eigenvalue weighted by Crippen LogP contribution is 2.30. The van der Waals surface area contributed by atoms with E-state index in [9.17, 15) is 0 Å². The largest absolute Gasteiger partial charge is 0.271 e. The van der Waals surface area contributed by atoms with Crippen LogP contribution in [0.25, 0.3) is 0 Å². The Morgan fingerprint density at radius 2 is 1.94 bits per heavy atom. The first-order valence-corrected chi connectivity index (χ1v) is 7.67. The van der Waals surface area contributed by atoms with Crippen LogP contribution in [0.5, 0.6) is 0 Å². The number of benzene rings is 1. The average molecular weight is 366 g/mol. The SMILES string of the molecule is NNC(Cc1sccc1Br)c1cc(Cl)cc(Cl)c1. The molecule has 0 aliphatic heterocycles. The molecule has 1 atom stereocenters. The molecule has 3 N–H and O–H groups in total. The first-order valence-electron chi connectivity index (χ1n) is 5.24. The molecule has 1 unspecified atom stereocenters. The smallest absolute Gasteiger partial charge is 0.0509 e. The minimum absolute atomic E-state index is 0.0175. The number of hydrazine groups is 1. The van der Waals surface area contributed by atoms with Gasteiger partial charge in [0.05, 0.1) is 6.04 Å². The molecule has 0 saturated heterocycles. The van der Waals surface area contributed by atoms with Crippen molar-refractivity contribution in [1.82, 2.24) is 5.43 Å². The Labute approximate surface area is 128 Å². The number of nitrogens with two attached hydrogens (primary N) is 1. The predicted octanol–water partition coefficient (Wildman–Crippen LogP) is 4.56. The highest BCUT2D eigenvalue weighted by Gasteiger charge is 2.14. The summed E-state index contributed by atoms with van der Waals surface area (Å²) in [4.78, 5) is 1.23. The topological polar surface area (TPSA) is 38.0 Å². The average Bonchev–Trinajstić information content (AvgIpc) is 2.70. The lowest BCUT2D eigenvalue weighted by Gasteiger charge is -2.16. The van der Waals surface area contributed by atoms with Crippen LogP contribution in [-0.4, -0.2) is 0 Å². The van der Waals surface area contributed by atoms with Gasteiger partial charge < -0.3 is 0 Å². The van der Waals surface area contributed by atoms with Gasteiger partial charge in [-0.1, -0.05) is 23.2 Å². The van der Waals surface area contributed by atoms with E-state index in [4.69, 9.17) is 29.0 Å². The second-order valence-corrected chi connectivity index (χ2v) is 6.55. The second-order valence-electron chi connectivity index (χ2n) is 3.82. The van der Waals surface area contributed by atoms with E-state index in [1.807, 2.05) is 23.6 Å². The van der Waals surface area contributed by atoms with Crippen LogP contribution in [0.3, 0.4) is 0 Å². The third-order valence-corrected chi connectivity index (χ3v) is 4.95. The molecule has 0 aliphatic carbocycles. The number of rotatable bonds is 4. The summed E-state index contributed by atoms with van der Waals surface area (Å²) in [5.74, 6) is 5.62. The van der Waals surface area contributed by atoms with Crippen LogP contribution < -0.4 is 11.3 Å². The second kappa shape index (κ2) is 6.37. The van der Waals surface area contributed by atoms with Crippen molar-refractivity contribution in [2.75, 3.05) is 0 Å². The van der Waals surface area contributed by atoms with Crippen molar-refractivity contribution in [3.63, 3.8) is 0 Å². The van der Waals surface area contributed by atoms with Crippen molar-refractivity contribution in [2.24, 2.45) is 5.84 Å². The normalized spacial score (nSPS) is 12.7. The van der Waals surface area contributed by atoms with E-state index < -0.39 is 0 Å². The molecule has 2 rings (SSSR count). The minimum atomic E-state index is -0.0175. The lowest BCUT2D eigenvalue weighted by Crippen LogP contribution is -2.29. The Morgan fingerprint density at radius 3 is 2.44 bits per heavy atom. The summed E-state index contributed by atoms with van der Waals surface area (Å²) in [6, 6.07) is 7.47. The molecule has 0 saturated carbocycles. The lowest BCUT2D eigenvalue weighted by molar-refractivity contribution is 0.555. The Bertz CT molecular complexity index is 524. The van der Waals surface area contributed by atoms with Gasteiger partial charge in [0.15, 0.2) is 0 Å². The first kappa shape index (κ1) is 14.3. The molecule has 0 bridgehead atoms. The van der Waals surface area contributed by atoms with Crippen LogP contribution in [0.15, 0.2) is 34.1 Å². The van der Waals surface area contributed by atoms with E-state index >= 15 is 0 Å². The molecule has 0 fully saturated rings. The zero-order chi connectivity index (χ0) is 13.1. The number of hydrogen-bond acceptors (Lipinski definition) is 3. The molecule has 1 heterocycles. The van der Waals surface area contributed by atoms with Gasteiger partial charge in [-0.25, -0.2) is 0 Å². The van der Waals surface area contributed by atoms with Crippen molar-refractivity contribution < 1.29 is 0 Å². The summed E-state index contributed by atoms with van der Waals surface area (Å²) in [7, 11) is 0. The number of hydrogen-bond donors (Lipinski definition) is 2. The standard InChI is InChI=1S/C12H11BrCl2N2S/c13-10-1-2-18-12(10)6-11(17-16)7-3-8(14)5-9(15)4-7/h1-5,11,17H,6,16H2. The maximum absolute atomic E-state index is 6.00. The molecule has 2 aromatic rings. The molecule has 2 nitrogen and oxygen atoms in total. The fraction of sp³-hybridized carbons (Fsp3) is 0.167. The molecular formula is C12H11BrCl2N2S. The van der Waals surface area contributed by atoms with Crippen LogP contribution in [0.2, 0.25) is 10.0 Å². The summed E-state index contributed by atoms with van der Waals surface area (Å²) in [5, 5.41) is 3.27. The number of nitrogens with one attached hydrogen (secondary N) is 1. The summed E-state index contributed by atoms with van der Waals surface area (Å²) in [6.07, 6.45) is 0.783. The minimum Gasteiger partial charge on any atom is -0.271 e. The Hall–Kier alpha value is -0.100. The summed E-state index contributed by atoms with van der Waals surface area (Å²) < 4.78 is 1.10. The van der Waals surface area contributed by atoms with E-state index in [2.05, 4.69) is 21.4 Å². The van der Waals surface area contributed by atoms with Gasteiger partial charge in [0, 0.05) is 25.8 Å². The van der Waals surface area contributed by atoms with Gasteiger partial charge in [-0.15, -0.1) is 11.3 Å². The first-order chi connectivity index (χ1) is 8.60. The Balaban J connectivity index is 2.25. The van der Waals surface area contributed by atoms with Gasteiger partial charge in [-0.05, 0) is 51.1 Å². The highest BCUT2D eigenvalue weighted by molar-refractivity contribution is 9.10. The zero-order valence-corrected chi connectivity index (χ0v) is 13.2. The molecule has 96 valence electrons. The van der Waals surface area contributed by atoms with E-state index in [1.54, 1.807) is 17.4 Å². The van der Waals surface area contributed by atoms with Gasteiger partial charge in [-0.3, -0.25) is 11.3 Å². The molecule has 0 radical (unpaired) electrons. The third-order valence-electron chi connectivity index (χ3n) is 2.57. The van der Waals surface area contributed by atoms with Crippen LogP contribution in [0.1, 0.15) is 16.5 Å². The highest BCUT2D eigenvalue weighted by atomic mass is 79.9. The van der Waals surface area contributed by atoms with Crippen LogP contribution >= 0.6 is 50.5 Å². The van der Waals surface area contributed by atoms with E-state index in [0.29, 0.717) is 10.0 Å². The maximum Gasteiger partial charge on any atom is 0.0509 e. The number of halogens is 3. The van der Waals surface area contributed by atoms with E-state index in [1.165, 1.54) is 4.88 Å². The summed E-state index contributed by atoms with van der Waals surface area (Å²) >= 11 is 17.2. The molecule has 1 aromatic carbocycles. The molecule has 1 aromatic heterocycles. The van der Waals surface area contributed by atoms with Crippen molar-refractivity contribution >= 4 is 50.5 Å². The van der Waals surface area contributed by atoms with Crippen molar-refractivity contribution in [2.45, 2.75) is 12.5 Å². The lowest BCUT2D eigenvalue weighted by atomic mass is 10.0. The van der Waals surface area contributed by atoms with Crippen LogP contribution in [-0.2, 0) is 6.42 Å². The molecule has 0 amide bonds. The van der Waals surface area contributed by atoms with Crippen LogP contribution in [0.4, 0.5) is 0 Å². The maximum atomic E-state index is 6.00. The van der Waals surface area contributed by atoms with Crippen molar-refractivity contribution in [3.8, 4) is 0 Å². The Kier molecular flexibility index (Phi) is 5.06. The molecule has 6 heteroatoms. The number of thiophene rings is 1. The molecular weight excluding hydrogens is 355 g/mol. The quantitative estimate of drug-likeness (QED) is 0.615. The van der Waals surface area contributed by atoms with Crippen molar-refractivity contribution in [1.29, 1.82) is 0 Å². The molecule has 0 aliphatic rings. The predicted molar refractivity (Wildman–Crippen MR) is 82.2 cm³/mol. The van der Waals surface area contributed by atoms with Gasteiger partial charge in [0.25, 0.3) is 0 Å². The van der Waals surface area contributed by atoms with Gasteiger partial charge >= 0.3 is 0 Å². The van der Waals surface area contributed by atoms with Gasteiger partial charge in [0.2, 0.25) is 0 Å². The Morgan fingerprint density at radius 1 is 1.28 bits per heavy atom. The van der Waals surface area contributed by atoms with Crippen molar-refractivity contribution in [3.05, 3.63) is 54.6 Å².